The van der Waals surface area contributed by atoms with Gasteiger partial charge in [-0.3, -0.25) is 4.79 Å². The van der Waals surface area contributed by atoms with Crippen LogP contribution in [-0.2, 0) is 4.79 Å². The normalized spacial score (nSPS) is 26.9. The average molecular weight is 287 g/mol. The third-order valence-electron chi connectivity index (χ3n) is 4.99. The van der Waals surface area contributed by atoms with E-state index in [1.807, 2.05) is 23.1 Å². The van der Waals surface area contributed by atoms with Crippen LogP contribution in [0.25, 0.3) is 0 Å². The van der Waals surface area contributed by atoms with Crippen LogP contribution in [-0.4, -0.2) is 48.4 Å². The molecule has 1 aromatic rings. The largest absolute Gasteiger partial charge is 0.342 e. The number of carbonyl (C=O) groups is 1. The van der Waals surface area contributed by atoms with Gasteiger partial charge in [0.25, 0.3) is 0 Å². The monoisotopic (exact) mass is 287 g/mol. The SMILES string of the molecule is CC(=O)N1CC2CN(CC[C@H](N)c3ccccc3)CC2C1. The number of amides is 1. The van der Waals surface area contributed by atoms with E-state index in [9.17, 15) is 4.79 Å². The van der Waals surface area contributed by atoms with Gasteiger partial charge in [-0.25, -0.2) is 0 Å². The number of fused-ring (bicyclic) bond motifs is 1. The number of carbonyl (C=O) groups excluding carboxylic acids is 1. The molecular formula is C17H25N3O. The summed E-state index contributed by atoms with van der Waals surface area (Å²) in [4.78, 5) is 16.0. The summed E-state index contributed by atoms with van der Waals surface area (Å²) >= 11 is 0. The average Bonchev–Trinajstić information content (AvgIpc) is 3.04. The number of hydrogen-bond donors (Lipinski definition) is 1. The zero-order chi connectivity index (χ0) is 14.8. The standard InChI is InChI=1S/C17H25N3O/c1-13(21)20-11-15-9-19(10-16(15)12-20)8-7-17(18)14-5-3-2-4-6-14/h2-6,15-17H,7-12,18H2,1H3/t15?,16?,17-/m0/s1. The van der Waals surface area contributed by atoms with E-state index in [1.165, 1.54) is 5.56 Å². The molecular weight excluding hydrogens is 262 g/mol. The highest BCUT2D eigenvalue weighted by Gasteiger charge is 2.40. The molecule has 0 aromatic heterocycles. The molecule has 0 saturated carbocycles. The summed E-state index contributed by atoms with van der Waals surface area (Å²) in [5.74, 6) is 1.56. The minimum Gasteiger partial charge on any atom is -0.342 e. The molecule has 2 heterocycles. The maximum Gasteiger partial charge on any atom is 0.219 e. The third kappa shape index (κ3) is 3.27. The Hall–Kier alpha value is -1.39. The topological polar surface area (TPSA) is 49.6 Å². The van der Waals surface area contributed by atoms with E-state index < -0.39 is 0 Å². The summed E-state index contributed by atoms with van der Waals surface area (Å²) in [5, 5.41) is 0. The Labute approximate surface area is 126 Å². The van der Waals surface area contributed by atoms with Gasteiger partial charge in [0, 0.05) is 39.1 Å². The second-order valence-electron chi connectivity index (χ2n) is 6.51. The highest BCUT2D eigenvalue weighted by Crippen LogP contribution is 2.31. The van der Waals surface area contributed by atoms with Crippen molar-refractivity contribution in [3.05, 3.63) is 35.9 Å². The van der Waals surface area contributed by atoms with Crippen molar-refractivity contribution in [1.29, 1.82) is 0 Å². The molecule has 0 radical (unpaired) electrons. The molecule has 2 unspecified atom stereocenters. The first-order chi connectivity index (χ1) is 10.1. The van der Waals surface area contributed by atoms with Crippen LogP contribution in [0, 0.1) is 11.8 Å². The van der Waals surface area contributed by atoms with Gasteiger partial charge in [0.05, 0.1) is 0 Å². The Balaban J connectivity index is 1.46. The summed E-state index contributed by atoms with van der Waals surface area (Å²) in [6.45, 7) is 6.87. The maximum atomic E-state index is 11.4. The Morgan fingerprint density at radius 1 is 1.19 bits per heavy atom. The minimum absolute atomic E-state index is 0.125. The molecule has 2 aliphatic rings. The van der Waals surface area contributed by atoms with Crippen molar-refractivity contribution in [2.45, 2.75) is 19.4 Å². The van der Waals surface area contributed by atoms with Crippen LogP contribution in [0.3, 0.4) is 0 Å². The van der Waals surface area contributed by atoms with E-state index in [4.69, 9.17) is 5.73 Å². The molecule has 21 heavy (non-hydrogen) atoms. The van der Waals surface area contributed by atoms with Gasteiger partial charge in [0.2, 0.25) is 5.91 Å². The van der Waals surface area contributed by atoms with Crippen LogP contribution in [0.4, 0.5) is 0 Å². The zero-order valence-corrected chi connectivity index (χ0v) is 12.7. The lowest BCUT2D eigenvalue weighted by Crippen LogP contribution is -2.32. The minimum atomic E-state index is 0.125. The number of nitrogens with zero attached hydrogens (tertiary/aromatic N) is 2. The van der Waals surface area contributed by atoms with E-state index >= 15 is 0 Å². The summed E-state index contributed by atoms with van der Waals surface area (Å²) < 4.78 is 0. The van der Waals surface area contributed by atoms with Crippen molar-refractivity contribution in [3.8, 4) is 0 Å². The fraction of sp³-hybridized carbons (Fsp3) is 0.588. The highest BCUT2D eigenvalue weighted by molar-refractivity contribution is 5.73. The van der Waals surface area contributed by atoms with Gasteiger partial charge in [0.1, 0.15) is 0 Å². The first-order valence-electron chi connectivity index (χ1n) is 7.92. The van der Waals surface area contributed by atoms with Gasteiger partial charge in [-0.05, 0) is 30.4 Å². The lowest BCUT2D eigenvalue weighted by atomic mass is 10.0. The van der Waals surface area contributed by atoms with Crippen molar-refractivity contribution in [2.24, 2.45) is 17.6 Å². The molecule has 4 nitrogen and oxygen atoms in total. The van der Waals surface area contributed by atoms with E-state index in [1.54, 1.807) is 6.92 Å². The molecule has 114 valence electrons. The molecule has 2 saturated heterocycles. The molecule has 0 spiro atoms. The lowest BCUT2D eigenvalue weighted by Gasteiger charge is -2.22. The fourth-order valence-corrected chi connectivity index (χ4v) is 3.72. The number of rotatable bonds is 4. The summed E-state index contributed by atoms with van der Waals surface area (Å²) in [7, 11) is 0. The first-order valence-corrected chi connectivity index (χ1v) is 7.92. The molecule has 2 fully saturated rings. The molecule has 3 rings (SSSR count). The maximum absolute atomic E-state index is 11.4. The third-order valence-corrected chi connectivity index (χ3v) is 4.99. The van der Waals surface area contributed by atoms with E-state index in [-0.39, 0.29) is 11.9 Å². The quantitative estimate of drug-likeness (QED) is 0.913. The smallest absolute Gasteiger partial charge is 0.219 e. The Morgan fingerprint density at radius 2 is 1.81 bits per heavy atom. The van der Waals surface area contributed by atoms with E-state index in [2.05, 4.69) is 17.0 Å². The van der Waals surface area contributed by atoms with Crippen LogP contribution in [0.1, 0.15) is 24.9 Å². The number of benzene rings is 1. The van der Waals surface area contributed by atoms with Gasteiger partial charge in [0.15, 0.2) is 0 Å². The zero-order valence-electron chi connectivity index (χ0n) is 12.7. The second-order valence-corrected chi connectivity index (χ2v) is 6.51. The predicted molar refractivity (Wildman–Crippen MR) is 83.7 cm³/mol. The van der Waals surface area contributed by atoms with Crippen LogP contribution >= 0.6 is 0 Å². The molecule has 1 amide bonds. The second kappa shape index (κ2) is 6.16. The summed E-state index contributed by atoms with van der Waals surface area (Å²) in [6, 6.07) is 10.5. The van der Waals surface area contributed by atoms with E-state index in [0.717, 1.165) is 39.1 Å². The number of nitrogens with two attached hydrogens (primary N) is 1. The molecule has 3 atom stereocenters. The van der Waals surface area contributed by atoms with Crippen molar-refractivity contribution >= 4 is 5.91 Å². The van der Waals surface area contributed by atoms with Crippen molar-refractivity contribution in [2.75, 3.05) is 32.7 Å². The predicted octanol–water partition coefficient (Wildman–Crippen LogP) is 1.49. The molecule has 0 aliphatic carbocycles. The number of likely N-dealkylation sites (tertiary alicyclic amines) is 2. The molecule has 4 heteroatoms. The first kappa shape index (κ1) is 14.5. The van der Waals surface area contributed by atoms with Gasteiger partial charge in [-0.1, -0.05) is 30.3 Å². The Kier molecular flexibility index (Phi) is 4.27. The molecule has 1 aromatic carbocycles. The van der Waals surface area contributed by atoms with Crippen LogP contribution in [0.2, 0.25) is 0 Å². The molecule has 2 aliphatic heterocycles. The van der Waals surface area contributed by atoms with Crippen molar-refractivity contribution in [3.63, 3.8) is 0 Å². The van der Waals surface area contributed by atoms with E-state index in [0.29, 0.717) is 11.8 Å². The summed E-state index contributed by atoms with van der Waals surface area (Å²) in [6.07, 6.45) is 1.000. The fourth-order valence-electron chi connectivity index (χ4n) is 3.72. The van der Waals surface area contributed by atoms with Crippen molar-refractivity contribution < 1.29 is 4.79 Å². The molecule has 0 bridgehead atoms. The summed E-state index contributed by atoms with van der Waals surface area (Å²) in [5.41, 5.74) is 7.49. The van der Waals surface area contributed by atoms with Crippen LogP contribution < -0.4 is 5.73 Å². The number of hydrogen-bond acceptors (Lipinski definition) is 3. The van der Waals surface area contributed by atoms with Gasteiger partial charge >= 0.3 is 0 Å². The van der Waals surface area contributed by atoms with Crippen LogP contribution in [0.5, 0.6) is 0 Å². The Bertz CT molecular complexity index is 476. The van der Waals surface area contributed by atoms with Gasteiger partial charge < -0.3 is 15.5 Å². The van der Waals surface area contributed by atoms with Gasteiger partial charge in [-0.2, -0.15) is 0 Å². The highest BCUT2D eigenvalue weighted by atomic mass is 16.2. The van der Waals surface area contributed by atoms with Gasteiger partial charge in [-0.15, -0.1) is 0 Å². The lowest BCUT2D eigenvalue weighted by molar-refractivity contribution is -0.128. The Morgan fingerprint density at radius 3 is 2.38 bits per heavy atom. The molecule has 2 N–H and O–H groups in total. The van der Waals surface area contributed by atoms with Crippen molar-refractivity contribution in [1.82, 2.24) is 9.80 Å². The van der Waals surface area contributed by atoms with Crippen LogP contribution in [0.15, 0.2) is 30.3 Å².